The highest BCUT2D eigenvalue weighted by Gasteiger charge is 2.30. The van der Waals surface area contributed by atoms with Gasteiger partial charge in [-0.2, -0.15) is 0 Å². The second kappa shape index (κ2) is 11.1. The lowest BCUT2D eigenvalue weighted by Gasteiger charge is -2.38. The molecule has 3 heterocycles. The molecule has 0 saturated carbocycles. The third kappa shape index (κ3) is 5.30. The molecule has 0 radical (unpaired) electrons. The quantitative estimate of drug-likeness (QED) is 0.402. The minimum atomic E-state index is -0.526. The number of aromatic nitrogens is 2. The van der Waals surface area contributed by atoms with Crippen molar-refractivity contribution in [2.45, 2.75) is 19.4 Å². The number of carbonyl (C=O) groups is 1. The number of fused-ring (bicyclic) bond motifs is 1. The van der Waals surface area contributed by atoms with Crippen LogP contribution in [0.3, 0.4) is 0 Å². The lowest BCUT2D eigenvalue weighted by atomic mass is 10.0. The van der Waals surface area contributed by atoms with Gasteiger partial charge in [-0.05, 0) is 48.9 Å². The van der Waals surface area contributed by atoms with E-state index in [9.17, 15) is 9.18 Å². The highest BCUT2D eigenvalue weighted by atomic mass is 35.5. The molecular formula is C26H27Cl2FN6O2. The number of rotatable bonds is 6. The SMILES string of the molecule is CC[C@H](c1c(Cl)ccc(F)c1Cl)N1CCNc2nnc(C(=O)Nc3ccc(N4CCOCC4)cc3)cc21. The molecule has 37 heavy (non-hydrogen) atoms. The Morgan fingerprint density at radius 2 is 1.89 bits per heavy atom. The van der Waals surface area contributed by atoms with E-state index in [1.54, 1.807) is 6.07 Å². The Bertz CT molecular complexity index is 1290. The Morgan fingerprint density at radius 3 is 2.62 bits per heavy atom. The molecule has 2 N–H and O–H groups in total. The average Bonchev–Trinajstić information content (AvgIpc) is 2.93. The van der Waals surface area contributed by atoms with Gasteiger partial charge in [0.25, 0.3) is 5.91 Å². The van der Waals surface area contributed by atoms with Crippen molar-refractivity contribution in [3.8, 4) is 0 Å². The molecule has 1 aromatic heterocycles. The summed E-state index contributed by atoms with van der Waals surface area (Å²) in [4.78, 5) is 17.4. The van der Waals surface area contributed by atoms with Crippen LogP contribution in [0.5, 0.6) is 0 Å². The number of amides is 1. The second-order valence-electron chi connectivity index (χ2n) is 8.86. The summed E-state index contributed by atoms with van der Waals surface area (Å²) in [5.74, 6) is -0.364. The molecule has 2 aromatic carbocycles. The van der Waals surface area contributed by atoms with Gasteiger partial charge in [0.1, 0.15) is 5.82 Å². The van der Waals surface area contributed by atoms with Crippen LogP contribution < -0.4 is 20.4 Å². The van der Waals surface area contributed by atoms with E-state index in [4.69, 9.17) is 27.9 Å². The van der Waals surface area contributed by atoms with Crippen LogP contribution in [0.15, 0.2) is 42.5 Å². The second-order valence-corrected chi connectivity index (χ2v) is 9.65. The Morgan fingerprint density at radius 1 is 1.14 bits per heavy atom. The average molecular weight is 545 g/mol. The molecule has 8 nitrogen and oxygen atoms in total. The Kier molecular flexibility index (Phi) is 7.64. The number of carbonyl (C=O) groups excluding carboxylic acids is 1. The summed E-state index contributed by atoms with van der Waals surface area (Å²) in [5.41, 5.74) is 3.09. The van der Waals surface area contributed by atoms with Crippen LogP contribution >= 0.6 is 23.2 Å². The van der Waals surface area contributed by atoms with Crippen molar-refractivity contribution >= 4 is 52.0 Å². The molecule has 1 fully saturated rings. The van der Waals surface area contributed by atoms with Gasteiger partial charge >= 0.3 is 0 Å². The zero-order chi connectivity index (χ0) is 25.9. The molecule has 1 amide bonds. The molecule has 0 unspecified atom stereocenters. The van der Waals surface area contributed by atoms with E-state index in [0.29, 0.717) is 60.5 Å². The number of morpholine rings is 1. The van der Waals surface area contributed by atoms with E-state index in [1.807, 2.05) is 36.1 Å². The highest BCUT2D eigenvalue weighted by Crippen LogP contribution is 2.41. The molecule has 0 bridgehead atoms. The maximum atomic E-state index is 14.3. The van der Waals surface area contributed by atoms with Gasteiger partial charge in [0.2, 0.25) is 0 Å². The molecule has 0 aliphatic carbocycles. The number of hydrogen-bond donors (Lipinski definition) is 2. The van der Waals surface area contributed by atoms with E-state index >= 15 is 0 Å². The van der Waals surface area contributed by atoms with E-state index in [1.165, 1.54) is 12.1 Å². The third-order valence-electron chi connectivity index (χ3n) is 6.64. The van der Waals surface area contributed by atoms with Gasteiger partial charge in [-0.1, -0.05) is 30.1 Å². The molecule has 194 valence electrons. The van der Waals surface area contributed by atoms with Gasteiger partial charge < -0.3 is 25.2 Å². The fourth-order valence-electron chi connectivity index (χ4n) is 4.78. The number of ether oxygens (including phenoxy) is 1. The number of nitrogens with zero attached hydrogens (tertiary/aromatic N) is 4. The van der Waals surface area contributed by atoms with Crippen LogP contribution in [0.1, 0.15) is 35.4 Å². The molecule has 0 spiro atoms. The van der Waals surface area contributed by atoms with Crippen molar-refractivity contribution in [2.24, 2.45) is 0 Å². The van der Waals surface area contributed by atoms with Crippen molar-refractivity contribution in [3.63, 3.8) is 0 Å². The zero-order valence-corrected chi connectivity index (χ0v) is 21.8. The van der Waals surface area contributed by atoms with Crippen molar-refractivity contribution in [2.75, 3.05) is 59.8 Å². The molecule has 1 atom stereocenters. The predicted molar refractivity (Wildman–Crippen MR) is 145 cm³/mol. The number of anilines is 4. The molecule has 3 aromatic rings. The summed E-state index contributed by atoms with van der Waals surface area (Å²) in [6.45, 7) is 6.26. The van der Waals surface area contributed by atoms with Crippen LogP contribution in [0, 0.1) is 5.82 Å². The third-order valence-corrected chi connectivity index (χ3v) is 7.35. The molecular weight excluding hydrogens is 518 g/mol. The van der Waals surface area contributed by atoms with E-state index < -0.39 is 5.82 Å². The van der Waals surface area contributed by atoms with E-state index in [-0.39, 0.29) is 22.7 Å². The summed E-state index contributed by atoms with van der Waals surface area (Å²) in [7, 11) is 0. The van der Waals surface area contributed by atoms with Crippen molar-refractivity contribution in [3.05, 3.63) is 69.6 Å². The van der Waals surface area contributed by atoms with Gasteiger partial charge in [0.15, 0.2) is 11.5 Å². The first-order valence-corrected chi connectivity index (χ1v) is 13.0. The number of benzene rings is 2. The topological polar surface area (TPSA) is 82.6 Å². The minimum Gasteiger partial charge on any atom is -0.378 e. The molecule has 2 aliphatic heterocycles. The number of nitrogens with one attached hydrogen (secondary N) is 2. The zero-order valence-electron chi connectivity index (χ0n) is 20.3. The van der Waals surface area contributed by atoms with Crippen LogP contribution in [-0.4, -0.2) is 55.5 Å². The first kappa shape index (κ1) is 25.5. The van der Waals surface area contributed by atoms with Crippen LogP contribution in [0.4, 0.5) is 27.3 Å². The fourth-order valence-corrected chi connectivity index (χ4v) is 5.40. The van der Waals surface area contributed by atoms with Gasteiger partial charge in [-0.25, -0.2) is 4.39 Å². The van der Waals surface area contributed by atoms with Gasteiger partial charge in [0.05, 0.1) is 30.0 Å². The lowest BCUT2D eigenvalue weighted by Crippen LogP contribution is -2.38. The van der Waals surface area contributed by atoms with Crippen LogP contribution in [-0.2, 0) is 4.74 Å². The number of halogens is 3. The van der Waals surface area contributed by atoms with Gasteiger partial charge in [-0.3, -0.25) is 4.79 Å². The van der Waals surface area contributed by atoms with E-state index in [0.717, 1.165) is 18.8 Å². The standard InChI is InChI=1S/C26H27Cl2FN6O2/c1-2-21(23-18(27)7-8-19(29)24(23)28)35-10-9-30-25-22(35)15-20(32-33-25)26(36)31-16-3-5-17(6-4-16)34-11-13-37-14-12-34/h3-8,15,21H,2,9-14H2,1H3,(H,30,33)(H,31,36)/t21-/m1/s1. The van der Waals surface area contributed by atoms with E-state index in [2.05, 4.69) is 25.7 Å². The predicted octanol–water partition coefficient (Wildman–Crippen LogP) is 5.39. The largest absolute Gasteiger partial charge is 0.378 e. The number of hydrogen-bond acceptors (Lipinski definition) is 7. The van der Waals surface area contributed by atoms with Crippen molar-refractivity contribution in [1.29, 1.82) is 0 Å². The van der Waals surface area contributed by atoms with Crippen molar-refractivity contribution < 1.29 is 13.9 Å². The molecule has 5 rings (SSSR count). The van der Waals surface area contributed by atoms with Crippen LogP contribution in [0.2, 0.25) is 10.0 Å². The van der Waals surface area contributed by atoms with Crippen LogP contribution in [0.25, 0.3) is 0 Å². The lowest BCUT2D eigenvalue weighted by molar-refractivity contribution is 0.102. The summed E-state index contributed by atoms with van der Waals surface area (Å²) in [6, 6.07) is 11.8. The Labute approximate surface area is 224 Å². The Balaban J connectivity index is 1.38. The molecule has 11 heteroatoms. The van der Waals surface area contributed by atoms with Gasteiger partial charge in [0, 0.05) is 48.1 Å². The summed E-state index contributed by atoms with van der Waals surface area (Å²) < 4.78 is 19.7. The molecule has 1 saturated heterocycles. The van der Waals surface area contributed by atoms with Crippen molar-refractivity contribution in [1.82, 2.24) is 10.2 Å². The van der Waals surface area contributed by atoms with Gasteiger partial charge in [-0.15, -0.1) is 10.2 Å². The summed E-state index contributed by atoms with van der Waals surface area (Å²) in [6.07, 6.45) is 0.613. The summed E-state index contributed by atoms with van der Waals surface area (Å²) in [5, 5.41) is 14.9. The first-order valence-electron chi connectivity index (χ1n) is 12.2. The Hall–Kier alpha value is -3.14. The molecule has 2 aliphatic rings. The first-order chi connectivity index (χ1) is 18.0. The highest BCUT2D eigenvalue weighted by molar-refractivity contribution is 6.36. The normalized spacial score (nSPS) is 16.1. The smallest absolute Gasteiger partial charge is 0.276 e. The maximum Gasteiger partial charge on any atom is 0.276 e. The summed E-state index contributed by atoms with van der Waals surface area (Å²) >= 11 is 12.8. The fraction of sp³-hybridized carbons (Fsp3) is 0.346. The maximum absolute atomic E-state index is 14.3. The minimum absolute atomic E-state index is 0.0000550. The monoisotopic (exact) mass is 544 g/mol.